The Morgan fingerprint density at radius 2 is 1.70 bits per heavy atom. The van der Waals surface area contributed by atoms with Gasteiger partial charge in [-0.2, -0.15) is 13.5 Å². The average Bonchev–Trinajstić information content (AvgIpc) is 3.07. The molecular weight excluding hydrogens is 464 g/mol. The van der Waals surface area contributed by atoms with Gasteiger partial charge in [-0.3, -0.25) is 4.79 Å². The summed E-state index contributed by atoms with van der Waals surface area (Å²) in [5, 5.41) is 3.36. The highest BCUT2D eigenvalue weighted by molar-refractivity contribution is 7.90. The van der Waals surface area contributed by atoms with Crippen LogP contribution >= 0.6 is 0 Å². The molecule has 2 rings (SSSR count). The summed E-state index contributed by atoms with van der Waals surface area (Å²) < 4.78 is 56.5. The Morgan fingerprint density at radius 3 is 2.18 bits per heavy atom. The molecule has 0 fully saturated rings. The largest absolute Gasteiger partial charge is 0.361 e. The van der Waals surface area contributed by atoms with E-state index in [0.29, 0.717) is 24.1 Å². The van der Waals surface area contributed by atoms with Crippen molar-refractivity contribution in [1.82, 2.24) is 9.78 Å². The number of ketones is 1. The lowest BCUT2D eigenvalue weighted by molar-refractivity contribution is 0.103. The van der Waals surface area contributed by atoms with Crippen molar-refractivity contribution in [2.24, 2.45) is 0 Å². The van der Waals surface area contributed by atoms with Crippen LogP contribution in [-0.2, 0) is 26.5 Å². The highest BCUT2D eigenvalue weighted by Crippen LogP contribution is 2.33. The fourth-order valence-corrected chi connectivity index (χ4v) is 4.88. The Balaban J connectivity index is 2.77. The van der Waals surface area contributed by atoms with Gasteiger partial charge < -0.3 is 4.18 Å². The summed E-state index contributed by atoms with van der Waals surface area (Å²) in [4.78, 5) is 13.7. The first kappa shape index (κ1) is 26.8. The van der Waals surface area contributed by atoms with Crippen LogP contribution in [-0.4, -0.2) is 43.9 Å². The van der Waals surface area contributed by atoms with Gasteiger partial charge in [0.15, 0.2) is 15.6 Å². The van der Waals surface area contributed by atoms with Crippen LogP contribution in [0.3, 0.4) is 0 Å². The van der Waals surface area contributed by atoms with Gasteiger partial charge in [0.2, 0.25) is 5.88 Å². The average molecular weight is 497 g/mol. The first-order chi connectivity index (χ1) is 15.1. The maximum absolute atomic E-state index is 13.6. The van der Waals surface area contributed by atoms with Crippen LogP contribution in [0.2, 0.25) is 0 Å². The van der Waals surface area contributed by atoms with E-state index >= 15 is 0 Å². The fraction of sp³-hybridized carbons (Fsp3) is 0.478. The van der Waals surface area contributed by atoms with E-state index in [4.69, 9.17) is 4.18 Å². The minimum absolute atomic E-state index is 0.00341. The number of hydrogen-bond donors (Lipinski definition) is 0. The van der Waals surface area contributed by atoms with Gasteiger partial charge in [-0.15, -0.1) is 0 Å². The van der Waals surface area contributed by atoms with Crippen molar-refractivity contribution in [2.45, 2.75) is 71.6 Å². The van der Waals surface area contributed by atoms with Gasteiger partial charge >= 0.3 is 10.1 Å². The lowest BCUT2D eigenvalue weighted by atomic mass is 9.91. The summed E-state index contributed by atoms with van der Waals surface area (Å²) in [6.07, 6.45) is 3.07. The molecule has 0 bridgehead atoms. The van der Waals surface area contributed by atoms with Crippen molar-refractivity contribution in [3.05, 3.63) is 46.2 Å². The number of carbonyl (C=O) groups is 1. The van der Waals surface area contributed by atoms with Crippen LogP contribution in [0.4, 0.5) is 0 Å². The summed E-state index contributed by atoms with van der Waals surface area (Å²) in [5.74, 6) is -0.630. The fourth-order valence-electron chi connectivity index (χ4n) is 3.30. The van der Waals surface area contributed by atoms with E-state index in [1.165, 1.54) is 36.9 Å². The number of carbonyl (C=O) groups excluding carboxylic acids is 1. The molecule has 0 aliphatic heterocycles. The summed E-state index contributed by atoms with van der Waals surface area (Å²) in [5.41, 5.74) is 2.88. The lowest BCUT2D eigenvalue weighted by Crippen LogP contribution is -2.23. The third kappa shape index (κ3) is 5.55. The molecule has 182 valence electrons. The molecule has 0 radical (unpaired) electrons. The molecule has 0 unspecified atom stereocenters. The SMILES string of the molecule is CCCn1ncc(C(=O)c2ccc(S(C)(=O)=O)c(C(C)=C(C)C)c2C)c1OS(=O)(=O)C(C)C. The molecule has 1 heterocycles. The molecule has 0 spiro atoms. The maximum atomic E-state index is 13.6. The van der Waals surface area contributed by atoms with Crippen LogP contribution in [0.1, 0.15) is 75.0 Å². The monoisotopic (exact) mass is 496 g/mol. The third-order valence-corrected chi connectivity index (χ3v) is 8.12. The summed E-state index contributed by atoms with van der Waals surface area (Å²) in [6.45, 7) is 12.5. The molecular formula is C23H32N2O6S2. The highest BCUT2D eigenvalue weighted by Gasteiger charge is 2.29. The van der Waals surface area contributed by atoms with Crippen LogP contribution in [0.15, 0.2) is 28.8 Å². The van der Waals surface area contributed by atoms with E-state index in [1.54, 1.807) is 6.92 Å². The topological polar surface area (TPSA) is 112 Å². The minimum atomic E-state index is -3.97. The van der Waals surface area contributed by atoms with Crippen LogP contribution < -0.4 is 4.18 Å². The van der Waals surface area contributed by atoms with Crippen LogP contribution in [0, 0.1) is 6.92 Å². The number of allylic oxidation sites excluding steroid dienone is 2. The zero-order chi connectivity index (χ0) is 25.3. The number of nitrogens with zero attached hydrogens (tertiary/aromatic N) is 2. The van der Waals surface area contributed by atoms with Crippen LogP contribution in [0.25, 0.3) is 5.57 Å². The molecule has 0 saturated carbocycles. The molecule has 10 heteroatoms. The Bertz CT molecular complexity index is 1310. The van der Waals surface area contributed by atoms with Crippen molar-refractivity contribution >= 4 is 31.3 Å². The second-order valence-corrected chi connectivity index (χ2v) is 12.6. The Hall–Kier alpha value is -2.46. The maximum Gasteiger partial charge on any atom is 0.313 e. The number of benzene rings is 1. The summed E-state index contributed by atoms with van der Waals surface area (Å²) >= 11 is 0. The van der Waals surface area contributed by atoms with Gasteiger partial charge in [-0.1, -0.05) is 12.5 Å². The molecule has 2 aromatic rings. The first-order valence-corrected chi connectivity index (χ1v) is 14.0. The van der Waals surface area contributed by atoms with Crippen molar-refractivity contribution in [3.63, 3.8) is 0 Å². The molecule has 0 N–H and O–H groups in total. The molecule has 33 heavy (non-hydrogen) atoms. The van der Waals surface area contributed by atoms with E-state index in [1.807, 2.05) is 27.7 Å². The predicted octanol–water partition coefficient (Wildman–Crippen LogP) is 4.17. The van der Waals surface area contributed by atoms with Crippen molar-refractivity contribution in [3.8, 4) is 5.88 Å². The minimum Gasteiger partial charge on any atom is -0.361 e. The Morgan fingerprint density at radius 1 is 1.09 bits per heavy atom. The lowest BCUT2D eigenvalue weighted by Gasteiger charge is -2.17. The van der Waals surface area contributed by atoms with Gasteiger partial charge in [-0.25, -0.2) is 13.1 Å². The van der Waals surface area contributed by atoms with Crippen molar-refractivity contribution in [2.75, 3.05) is 6.26 Å². The molecule has 1 aromatic carbocycles. The van der Waals surface area contributed by atoms with E-state index in [2.05, 4.69) is 5.10 Å². The van der Waals surface area contributed by atoms with Gasteiger partial charge in [0, 0.05) is 18.4 Å². The first-order valence-electron chi connectivity index (χ1n) is 10.6. The van der Waals surface area contributed by atoms with Gasteiger partial charge in [0.1, 0.15) is 5.56 Å². The number of sulfone groups is 1. The van der Waals surface area contributed by atoms with Crippen LogP contribution in [0.5, 0.6) is 5.88 Å². The van der Waals surface area contributed by atoms with E-state index in [0.717, 1.165) is 17.4 Å². The number of aromatic nitrogens is 2. The molecule has 0 amide bonds. The molecule has 0 saturated heterocycles. The predicted molar refractivity (Wildman–Crippen MR) is 129 cm³/mol. The second kappa shape index (κ2) is 9.80. The smallest absolute Gasteiger partial charge is 0.313 e. The standard InChI is InChI=1S/C23H32N2O6S2/c1-9-12-25-23(31-33(29,30)15(4)5)19(13-24-25)22(26)18-10-11-20(32(8,27)28)21(17(18)7)16(6)14(2)3/h10-11,13,15H,9,12H2,1-8H3. The third-order valence-electron chi connectivity index (χ3n) is 5.44. The number of rotatable bonds is 9. The zero-order valence-corrected chi connectivity index (χ0v) is 22.0. The van der Waals surface area contributed by atoms with E-state index in [-0.39, 0.29) is 21.9 Å². The van der Waals surface area contributed by atoms with Crippen molar-refractivity contribution < 1.29 is 25.8 Å². The van der Waals surface area contributed by atoms with Crippen molar-refractivity contribution in [1.29, 1.82) is 0 Å². The van der Waals surface area contributed by atoms with E-state index in [9.17, 15) is 21.6 Å². The Labute approximate surface area is 196 Å². The normalized spacial score (nSPS) is 12.2. The molecule has 0 aliphatic rings. The summed E-state index contributed by atoms with van der Waals surface area (Å²) in [6, 6.07) is 2.87. The van der Waals surface area contributed by atoms with E-state index < -0.39 is 31.0 Å². The molecule has 1 aromatic heterocycles. The molecule has 8 nitrogen and oxygen atoms in total. The van der Waals surface area contributed by atoms with Gasteiger partial charge in [-0.05, 0) is 76.8 Å². The Kier molecular flexibility index (Phi) is 7.96. The number of hydrogen-bond acceptors (Lipinski definition) is 7. The van der Waals surface area contributed by atoms with Gasteiger partial charge in [0.05, 0.1) is 16.3 Å². The highest BCUT2D eigenvalue weighted by atomic mass is 32.2. The number of aryl methyl sites for hydroxylation is 1. The molecule has 0 aliphatic carbocycles. The summed E-state index contributed by atoms with van der Waals surface area (Å²) in [7, 11) is -7.52. The molecule has 0 atom stereocenters. The second-order valence-electron chi connectivity index (χ2n) is 8.55. The zero-order valence-electron chi connectivity index (χ0n) is 20.4. The van der Waals surface area contributed by atoms with Gasteiger partial charge in [0.25, 0.3) is 0 Å². The quantitative estimate of drug-likeness (QED) is 0.378.